The summed E-state index contributed by atoms with van der Waals surface area (Å²) in [5.41, 5.74) is 0.719. The van der Waals surface area contributed by atoms with Crippen LogP contribution in [0.3, 0.4) is 0 Å². The van der Waals surface area contributed by atoms with Gasteiger partial charge in [0.25, 0.3) is 11.4 Å². The third-order valence-electron chi connectivity index (χ3n) is 9.26. The third kappa shape index (κ3) is 10.9. The van der Waals surface area contributed by atoms with Gasteiger partial charge in [0.15, 0.2) is 0 Å². The van der Waals surface area contributed by atoms with Crippen molar-refractivity contribution < 1.29 is 52.4 Å². The van der Waals surface area contributed by atoms with Crippen molar-refractivity contribution in [3.05, 3.63) is 159 Å². The van der Waals surface area contributed by atoms with E-state index in [1.54, 1.807) is 24.3 Å². The SMILES string of the molecule is C=CCOC(=O)NCc1ccc(OC(OC)C(=O)S[C@@H]2[C@@H]([C@@H](C)OC(=O)OCC=C)C(=O)N2C(C(=O)OCC=C)=P(c2ccccc2)(c2ccccc2)c2ccccc2)cc1. The Balaban J connectivity index is 1.63. The smallest absolute Gasteiger partial charge is 0.457 e. The molecule has 15 heteroatoms. The molecule has 61 heavy (non-hydrogen) atoms. The molecule has 1 saturated heterocycles. The van der Waals surface area contributed by atoms with Crippen LogP contribution in [0.15, 0.2) is 153 Å². The summed E-state index contributed by atoms with van der Waals surface area (Å²) in [7, 11) is 1.29. The number of esters is 1. The zero-order valence-electron chi connectivity index (χ0n) is 33.8. The van der Waals surface area contributed by atoms with Gasteiger partial charge in [-0.1, -0.05) is 153 Å². The average molecular weight is 867 g/mol. The van der Waals surface area contributed by atoms with Gasteiger partial charge in [0.2, 0.25) is 5.91 Å². The molecule has 0 bridgehead atoms. The molecule has 0 radical (unpaired) electrons. The van der Waals surface area contributed by atoms with Gasteiger partial charge >= 0.3 is 18.2 Å². The molecule has 4 atom stereocenters. The van der Waals surface area contributed by atoms with Crippen LogP contribution >= 0.6 is 18.6 Å². The second kappa shape index (κ2) is 22.3. The number of thioether (sulfide) groups is 1. The van der Waals surface area contributed by atoms with Crippen molar-refractivity contribution >= 4 is 69.2 Å². The molecule has 0 aliphatic carbocycles. The lowest BCUT2D eigenvalue weighted by molar-refractivity contribution is -0.152. The van der Waals surface area contributed by atoms with Crippen molar-refractivity contribution in [3.8, 4) is 5.75 Å². The fourth-order valence-corrected chi connectivity index (χ4v) is 12.3. The molecule has 1 N–H and O–H groups in total. The fraction of sp³-hybridized carbons (Fsp3) is 0.217. The molecule has 1 unspecified atom stereocenters. The van der Waals surface area contributed by atoms with Crippen LogP contribution in [-0.2, 0) is 44.6 Å². The molecule has 4 aromatic carbocycles. The second-order valence-corrected chi connectivity index (χ2v) is 17.6. The van der Waals surface area contributed by atoms with Crippen LogP contribution in [0.2, 0.25) is 0 Å². The maximum atomic E-state index is 14.9. The van der Waals surface area contributed by atoms with Crippen LogP contribution in [0.5, 0.6) is 5.75 Å². The number of carbonyl (C=O) groups excluding carboxylic acids is 5. The predicted octanol–water partition coefficient (Wildman–Crippen LogP) is 6.08. The Kier molecular flexibility index (Phi) is 16.7. The summed E-state index contributed by atoms with van der Waals surface area (Å²) in [6.45, 7) is 8.87. The Labute approximate surface area is 359 Å². The number of rotatable bonds is 20. The molecule has 0 saturated carbocycles. The molecule has 0 aromatic heterocycles. The van der Waals surface area contributed by atoms with Crippen molar-refractivity contribution in [3.63, 3.8) is 0 Å². The number of ether oxygens (including phenoxy) is 6. The van der Waals surface area contributed by atoms with Gasteiger partial charge in [0.05, 0.1) is 0 Å². The van der Waals surface area contributed by atoms with Crippen LogP contribution < -0.4 is 26.0 Å². The van der Waals surface area contributed by atoms with E-state index < -0.39 is 59.8 Å². The van der Waals surface area contributed by atoms with E-state index in [9.17, 15) is 24.0 Å². The van der Waals surface area contributed by atoms with Crippen molar-refractivity contribution in [1.29, 1.82) is 0 Å². The average Bonchev–Trinajstić information content (AvgIpc) is 3.28. The molecule has 1 heterocycles. The highest BCUT2D eigenvalue weighted by atomic mass is 32.2. The number of hydrogen-bond acceptors (Lipinski definition) is 12. The molecule has 0 spiro atoms. The largest absolute Gasteiger partial charge is 0.508 e. The van der Waals surface area contributed by atoms with Crippen molar-refractivity contribution in [1.82, 2.24) is 10.2 Å². The standard InChI is InChI=1S/C46H47N2O11PS/c1-6-28-55-42(50)40(60(35-18-12-9-13-19-35,36-20-14-10-15-21-36)37-22-16-11-17-23-37)48-39(49)38(32(4)58-46(53)57-30-8-3)41(48)61-43(51)44(54-5)59-34-26-24-33(25-27-34)31-47-45(52)56-29-7-2/h6-27,32,38,41,44H,1-3,28-31H2,4-5H3,(H,47,52)/t32-,38+,41-,44?/m1/s1. The Hall–Kier alpha value is -6.34. The molecular weight excluding hydrogens is 820 g/mol. The van der Waals surface area contributed by atoms with Gasteiger partial charge in [-0.3, -0.25) is 14.5 Å². The number of alkyl carbamates (subject to hydrolysis) is 1. The van der Waals surface area contributed by atoms with E-state index in [2.05, 4.69) is 25.1 Å². The van der Waals surface area contributed by atoms with Crippen LogP contribution in [0.1, 0.15) is 12.5 Å². The highest BCUT2D eigenvalue weighted by Crippen LogP contribution is 2.51. The van der Waals surface area contributed by atoms with E-state index in [4.69, 9.17) is 28.4 Å². The molecule has 1 aliphatic heterocycles. The lowest BCUT2D eigenvalue weighted by atomic mass is 9.92. The number of methoxy groups -OCH3 is 1. The number of benzene rings is 4. The number of nitrogens with one attached hydrogen (secondary N) is 1. The fourth-order valence-electron chi connectivity index (χ4n) is 6.56. The van der Waals surface area contributed by atoms with Gasteiger partial charge < -0.3 is 33.7 Å². The van der Waals surface area contributed by atoms with E-state index in [0.29, 0.717) is 11.8 Å². The highest BCUT2D eigenvalue weighted by molar-refractivity contribution is 8.14. The topological polar surface area (TPSA) is 156 Å². The van der Waals surface area contributed by atoms with Gasteiger partial charge in [-0.25, -0.2) is 14.4 Å². The van der Waals surface area contributed by atoms with E-state index >= 15 is 0 Å². The second-order valence-electron chi connectivity index (χ2n) is 13.2. The first-order chi connectivity index (χ1) is 29.6. The summed E-state index contributed by atoms with van der Waals surface area (Å²) in [5.74, 6) is -2.30. The van der Waals surface area contributed by atoms with Crippen molar-refractivity contribution in [2.24, 2.45) is 5.92 Å². The molecule has 2 amide bonds. The van der Waals surface area contributed by atoms with Gasteiger partial charge in [-0.05, 0) is 40.5 Å². The minimum atomic E-state index is -3.36. The number of nitrogens with zero attached hydrogens (tertiary/aromatic N) is 1. The summed E-state index contributed by atoms with van der Waals surface area (Å²) in [6, 6.07) is 34.7. The lowest BCUT2D eigenvalue weighted by Crippen LogP contribution is -2.67. The molecular formula is C46H47N2O11PS. The molecule has 1 fully saturated rings. The predicted molar refractivity (Wildman–Crippen MR) is 236 cm³/mol. The van der Waals surface area contributed by atoms with Gasteiger partial charge in [-0.15, -0.1) is 0 Å². The Bertz CT molecular complexity index is 2130. The molecule has 5 rings (SSSR count). The molecule has 4 aromatic rings. The first-order valence-electron chi connectivity index (χ1n) is 19.1. The van der Waals surface area contributed by atoms with E-state index in [1.165, 1.54) is 37.2 Å². The number of carbonyl (C=O) groups is 5. The van der Waals surface area contributed by atoms with Gasteiger partial charge in [0.1, 0.15) is 48.4 Å². The summed E-state index contributed by atoms with van der Waals surface area (Å²) in [6.07, 6.45) is -0.0392. The van der Waals surface area contributed by atoms with Crippen LogP contribution in [0.25, 0.3) is 0 Å². The van der Waals surface area contributed by atoms with Crippen LogP contribution in [0, 0.1) is 5.92 Å². The number of amides is 2. The van der Waals surface area contributed by atoms with E-state index in [1.807, 2.05) is 91.0 Å². The van der Waals surface area contributed by atoms with E-state index in [0.717, 1.165) is 21.5 Å². The minimum Gasteiger partial charge on any atom is -0.457 e. The first-order valence-corrected chi connectivity index (χ1v) is 21.8. The Morgan fingerprint density at radius 2 is 1.26 bits per heavy atom. The normalized spacial score (nSPS) is 15.4. The summed E-state index contributed by atoms with van der Waals surface area (Å²) >= 11 is 0.692. The van der Waals surface area contributed by atoms with E-state index in [-0.39, 0.29) is 37.5 Å². The van der Waals surface area contributed by atoms with Crippen molar-refractivity contribution in [2.75, 3.05) is 26.9 Å². The quantitative estimate of drug-likeness (QED) is 0.0274. The van der Waals surface area contributed by atoms with Crippen molar-refractivity contribution in [2.45, 2.75) is 31.2 Å². The molecule has 1 aliphatic rings. The lowest BCUT2D eigenvalue weighted by Gasteiger charge is -2.50. The van der Waals surface area contributed by atoms with Gasteiger partial charge in [0, 0.05) is 20.5 Å². The Morgan fingerprint density at radius 1 is 0.754 bits per heavy atom. The molecule has 13 nitrogen and oxygen atoms in total. The summed E-state index contributed by atoms with van der Waals surface area (Å²) in [5, 5.41) is 3.00. The molecule has 318 valence electrons. The summed E-state index contributed by atoms with van der Waals surface area (Å²) < 4.78 is 32.9. The third-order valence-corrected chi connectivity index (χ3v) is 14.7. The highest BCUT2D eigenvalue weighted by Gasteiger charge is 2.58. The minimum absolute atomic E-state index is 0.00149. The number of hydrogen-bond donors (Lipinski definition) is 1. The maximum Gasteiger partial charge on any atom is 0.508 e. The van der Waals surface area contributed by atoms with Crippen LogP contribution in [-0.4, -0.2) is 84.3 Å². The monoisotopic (exact) mass is 866 g/mol. The first kappa shape index (κ1) is 45.7. The van der Waals surface area contributed by atoms with Gasteiger partial charge in [-0.2, -0.15) is 0 Å². The number of likely N-dealkylation sites (tertiary alicyclic amines) is 1. The van der Waals surface area contributed by atoms with Crippen LogP contribution in [0.4, 0.5) is 9.59 Å². The zero-order chi connectivity index (χ0) is 43.8. The summed E-state index contributed by atoms with van der Waals surface area (Å²) in [4.78, 5) is 70.0. The zero-order valence-corrected chi connectivity index (χ0v) is 35.5. The Morgan fingerprint density at radius 3 is 1.77 bits per heavy atom. The maximum absolute atomic E-state index is 14.9. The number of β-lactam (4-membered cyclic amide) rings is 1.